The summed E-state index contributed by atoms with van der Waals surface area (Å²) in [6, 6.07) is 6.92. The Morgan fingerprint density at radius 2 is 1.87 bits per heavy atom. The largest absolute Gasteiger partial charge is 0.426 e. The molecule has 1 N–H and O–H groups in total. The van der Waals surface area contributed by atoms with Gasteiger partial charge >= 0.3 is 5.97 Å². The molecular weight excluding hydrogens is 318 g/mol. The number of amides is 2. The van der Waals surface area contributed by atoms with E-state index < -0.39 is 10.8 Å². The molecule has 0 saturated heterocycles. The number of nitrogens with zero attached hydrogens (tertiary/aromatic N) is 2. The average molecular weight is 335 g/mol. The standard InChI is InChI=1S/C15H17N3O4S/c1-9(19)16-14-17-18(10(2)20)15(4,23-14)12-7-5-6-8-13(12)22-11(3)21/h5-8H,1-4H3,(H,16,17,19)/t15-/m1/s1. The average Bonchev–Trinajstić information content (AvgIpc) is 2.75. The Hall–Kier alpha value is -2.35. The van der Waals surface area contributed by atoms with Gasteiger partial charge in [0, 0.05) is 26.3 Å². The second-order valence-electron chi connectivity index (χ2n) is 5.09. The number of ether oxygens (including phenoxy) is 1. The van der Waals surface area contributed by atoms with Crippen LogP contribution in [0, 0.1) is 0 Å². The number of benzene rings is 1. The number of thioether (sulfide) groups is 1. The lowest BCUT2D eigenvalue weighted by Gasteiger charge is -2.32. The topological polar surface area (TPSA) is 88.1 Å². The van der Waals surface area contributed by atoms with Crippen molar-refractivity contribution < 1.29 is 19.1 Å². The molecule has 0 bridgehead atoms. The molecule has 0 aliphatic carbocycles. The summed E-state index contributed by atoms with van der Waals surface area (Å²) in [5.74, 6) is -0.683. The third-order valence-electron chi connectivity index (χ3n) is 3.11. The van der Waals surface area contributed by atoms with Gasteiger partial charge in [-0.05, 0) is 13.0 Å². The van der Waals surface area contributed by atoms with Gasteiger partial charge in [-0.1, -0.05) is 30.0 Å². The van der Waals surface area contributed by atoms with E-state index in [0.29, 0.717) is 16.5 Å². The van der Waals surface area contributed by atoms with Crippen LogP contribution in [0.2, 0.25) is 0 Å². The van der Waals surface area contributed by atoms with Gasteiger partial charge in [0.25, 0.3) is 0 Å². The third kappa shape index (κ3) is 3.53. The van der Waals surface area contributed by atoms with Crippen LogP contribution in [0.4, 0.5) is 0 Å². The molecule has 0 unspecified atom stereocenters. The van der Waals surface area contributed by atoms with Gasteiger partial charge in [0.15, 0.2) is 5.17 Å². The van der Waals surface area contributed by atoms with Crippen molar-refractivity contribution in [2.75, 3.05) is 0 Å². The molecule has 0 fully saturated rings. The fourth-order valence-corrected chi connectivity index (χ4v) is 3.50. The Morgan fingerprint density at radius 1 is 1.22 bits per heavy atom. The highest BCUT2D eigenvalue weighted by molar-refractivity contribution is 8.14. The van der Waals surface area contributed by atoms with Crippen LogP contribution in [0.5, 0.6) is 5.75 Å². The van der Waals surface area contributed by atoms with Crippen LogP contribution in [0.15, 0.2) is 29.4 Å². The van der Waals surface area contributed by atoms with E-state index in [1.807, 2.05) is 0 Å². The van der Waals surface area contributed by atoms with Gasteiger partial charge in [-0.2, -0.15) is 0 Å². The van der Waals surface area contributed by atoms with Crippen molar-refractivity contribution in [1.29, 1.82) is 0 Å². The first kappa shape index (κ1) is 17.0. The number of hydrogen-bond acceptors (Lipinski definition) is 6. The van der Waals surface area contributed by atoms with E-state index >= 15 is 0 Å². The van der Waals surface area contributed by atoms with Gasteiger partial charge in [-0.15, -0.1) is 5.10 Å². The van der Waals surface area contributed by atoms with E-state index in [2.05, 4.69) is 10.4 Å². The van der Waals surface area contributed by atoms with Crippen LogP contribution in [0.25, 0.3) is 0 Å². The lowest BCUT2D eigenvalue weighted by atomic mass is 10.1. The molecule has 1 aromatic rings. The molecule has 2 rings (SSSR count). The Morgan fingerprint density at radius 3 is 2.43 bits per heavy atom. The van der Waals surface area contributed by atoms with Gasteiger partial charge in [0.1, 0.15) is 10.6 Å². The predicted octanol–water partition coefficient (Wildman–Crippen LogP) is 1.79. The molecule has 0 aromatic heterocycles. The SMILES string of the molecule is CC(=O)NC1=NN(C(C)=O)[C@@](C)(c2ccccc2OC(C)=O)S1. The summed E-state index contributed by atoms with van der Waals surface area (Å²) in [5, 5.41) is 8.33. The minimum atomic E-state index is -0.935. The van der Waals surface area contributed by atoms with E-state index in [1.54, 1.807) is 31.2 Å². The van der Waals surface area contributed by atoms with Crippen LogP contribution in [-0.4, -0.2) is 28.0 Å². The van der Waals surface area contributed by atoms with Gasteiger partial charge < -0.3 is 10.1 Å². The summed E-state index contributed by atoms with van der Waals surface area (Å²) >= 11 is 1.20. The lowest BCUT2D eigenvalue weighted by molar-refractivity contribution is -0.132. The van der Waals surface area contributed by atoms with Gasteiger partial charge in [-0.3, -0.25) is 14.4 Å². The maximum absolute atomic E-state index is 12.0. The number of carbonyl (C=O) groups excluding carboxylic acids is 3. The maximum Gasteiger partial charge on any atom is 0.308 e. The fraction of sp³-hybridized carbons (Fsp3) is 0.333. The van der Waals surface area contributed by atoms with Crippen LogP contribution >= 0.6 is 11.8 Å². The number of hydrazone groups is 1. The second-order valence-corrected chi connectivity index (χ2v) is 6.48. The van der Waals surface area contributed by atoms with Crippen molar-refractivity contribution in [2.24, 2.45) is 5.10 Å². The van der Waals surface area contributed by atoms with Crippen molar-refractivity contribution in [3.05, 3.63) is 29.8 Å². The smallest absolute Gasteiger partial charge is 0.308 e. The van der Waals surface area contributed by atoms with Gasteiger partial charge in [-0.25, -0.2) is 5.01 Å². The van der Waals surface area contributed by atoms with E-state index in [-0.39, 0.29) is 11.8 Å². The van der Waals surface area contributed by atoms with Gasteiger partial charge in [0.2, 0.25) is 11.8 Å². The van der Waals surface area contributed by atoms with Crippen molar-refractivity contribution in [3.8, 4) is 5.75 Å². The molecule has 2 amide bonds. The zero-order valence-electron chi connectivity index (χ0n) is 13.2. The Labute approximate surface area is 138 Å². The summed E-state index contributed by atoms with van der Waals surface area (Å²) < 4.78 is 5.24. The number of esters is 1. The van der Waals surface area contributed by atoms with E-state index in [0.717, 1.165) is 0 Å². The Kier molecular flexibility index (Phi) is 4.74. The Bertz CT molecular complexity index is 704. The number of para-hydroxylation sites is 1. The molecule has 0 saturated carbocycles. The summed E-state index contributed by atoms with van der Waals surface area (Å²) in [6.07, 6.45) is 0. The quantitative estimate of drug-likeness (QED) is 0.657. The summed E-state index contributed by atoms with van der Waals surface area (Å²) in [6.45, 7) is 5.83. The minimum Gasteiger partial charge on any atom is -0.426 e. The number of hydrogen-bond donors (Lipinski definition) is 1. The summed E-state index contributed by atoms with van der Waals surface area (Å²) in [5.41, 5.74) is 0.611. The highest BCUT2D eigenvalue weighted by atomic mass is 32.2. The minimum absolute atomic E-state index is 0.280. The number of amidine groups is 1. The molecule has 1 aromatic carbocycles. The number of rotatable bonds is 2. The first-order valence-electron chi connectivity index (χ1n) is 6.88. The van der Waals surface area contributed by atoms with Crippen LogP contribution in [-0.2, 0) is 19.3 Å². The molecule has 1 atom stereocenters. The summed E-state index contributed by atoms with van der Waals surface area (Å²) in [7, 11) is 0. The Balaban J connectivity index is 2.46. The highest BCUT2D eigenvalue weighted by Crippen LogP contribution is 2.48. The first-order valence-corrected chi connectivity index (χ1v) is 7.69. The molecule has 7 nitrogen and oxygen atoms in total. The molecule has 1 aliphatic heterocycles. The number of nitrogens with one attached hydrogen (secondary N) is 1. The monoisotopic (exact) mass is 335 g/mol. The van der Waals surface area contributed by atoms with Crippen molar-refractivity contribution >= 4 is 34.7 Å². The highest BCUT2D eigenvalue weighted by Gasteiger charge is 2.45. The van der Waals surface area contributed by atoms with Crippen LogP contribution < -0.4 is 10.1 Å². The summed E-state index contributed by atoms with van der Waals surface area (Å²) in [4.78, 5) is 33.6. The molecule has 8 heteroatoms. The predicted molar refractivity (Wildman–Crippen MR) is 86.5 cm³/mol. The van der Waals surface area contributed by atoms with Crippen molar-refractivity contribution in [2.45, 2.75) is 32.6 Å². The van der Waals surface area contributed by atoms with E-state index in [9.17, 15) is 14.4 Å². The van der Waals surface area contributed by atoms with Crippen molar-refractivity contribution in [3.63, 3.8) is 0 Å². The molecule has 0 spiro atoms. The molecule has 122 valence electrons. The van der Waals surface area contributed by atoms with Crippen LogP contribution in [0.3, 0.4) is 0 Å². The van der Waals surface area contributed by atoms with Crippen LogP contribution in [0.1, 0.15) is 33.3 Å². The molecule has 23 heavy (non-hydrogen) atoms. The molecule has 1 heterocycles. The first-order chi connectivity index (χ1) is 10.7. The molecule has 0 radical (unpaired) electrons. The third-order valence-corrected chi connectivity index (χ3v) is 4.28. The normalized spacial score (nSPS) is 20.0. The maximum atomic E-state index is 12.0. The zero-order valence-corrected chi connectivity index (χ0v) is 14.1. The fourth-order valence-electron chi connectivity index (χ4n) is 2.27. The van der Waals surface area contributed by atoms with E-state index in [4.69, 9.17) is 4.74 Å². The second kappa shape index (κ2) is 6.41. The number of carbonyl (C=O) groups is 3. The zero-order chi connectivity index (χ0) is 17.2. The molecule has 1 aliphatic rings. The van der Waals surface area contributed by atoms with Crippen molar-refractivity contribution in [1.82, 2.24) is 10.3 Å². The van der Waals surface area contributed by atoms with Gasteiger partial charge in [0.05, 0.1) is 0 Å². The molecular formula is C15H17N3O4S. The van der Waals surface area contributed by atoms with E-state index in [1.165, 1.54) is 37.5 Å². The lowest BCUT2D eigenvalue weighted by Crippen LogP contribution is -2.38.